The molecule has 112 valence electrons. The number of likely N-dealkylation sites (N-methyl/N-ethyl adjacent to an activating group) is 1. The Kier molecular flexibility index (Phi) is 7.68. The van der Waals surface area contributed by atoms with Crippen LogP contribution in [0.2, 0.25) is 0 Å². The van der Waals surface area contributed by atoms with E-state index in [1.165, 1.54) is 4.90 Å². The molecule has 1 unspecified atom stereocenters. The van der Waals surface area contributed by atoms with Gasteiger partial charge in [-0.2, -0.15) is 0 Å². The first kappa shape index (κ1) is 17.9. The first-order chi connectivity index (χ1) is 8.75. The van der Waals surface area contributed by atoms with E-state index in [-0.39, 0.29) is 12.5 Å². The maximum Gasteiger partial charge on any atom is 0.319 e. The number of hydrogen-bond acceptors (Lipinski definition) is 4. The normalized spacial score (nSPS) is 12.9. The molecular formula is C14H27NO4. The number of amides is 1. The van der Waals surface area contributed by atoms with E-state index in [0.29, 0.717) is 19.8 Å². The molecule has 5 nitrogen and oxygen atoms in total. The smallest absolute Gasteiger partial charge is 0.319 e. The van der Waals surface area contributed by atoms with Gasteiger partial charge in [0.1, 0.15) is 5.92 Å². The van der Waals surface area contributed by atoms with Gasteiger partial charge in [0, 0.05) is 20.2 Å². The standard InChI is InChI=1S/C14H27NO4/c1-7-18-10-9-15(6)12(16)11(14(3,4)5)13(17)19-8-2/h11H,7-10H2,1-6H3. The molecule has 0 heterocycles. The van der Waals surface area contributed by atoms with Crippen LogP contribution < -0.4 is 0 Å². The Labute approximate surface area is 116 Å². The van der Waals surface area contributed by atoms with Crippen LogP contribution in [0.25, 0.3) is 0 Å². The molecule has 5 heteroatoms. The fourth-order valence-electron chi connectivity index (χ4n) is 1.73. The van der Waals surface area contributed by atoms with E-state index in [1.807, 2.05) is 27.7 Å². The highest BCUT2D eigenvalue weighted by molar-refractivity contribution is 5.98. The minimum Gasteiger partial charge on any atom is -0.465 e. The van der Waals surface area contributed by atoms with E-state index in [2.05, 4.69) is 0 Å². The van der Waals surface area contributed by atoms with Crippen molar-refractivity contribution in [3.8, 4) is 0 Å². The molecule has 0 aromatic heterocycles. The summed E-state index contributed by atoms with van der Waals surface area (Å²) in [6.45, 7) is 11.1. The van der Waals surface area contributed by atoms with Gasteiger partial charge in [-0.05, 0) is 19.3 Å². The highest BCUT2D eigenvalue weighted by Gasteiger charge is 2.40. The maximum absolute atomic E-state index is 12.4. The molecule has 0 aliphatic heterocycles. The molecule has 0 bridgehead atoms. The topological polar surface area (TPSA) is 55.8 Å². The molecule has 0 saturated carbocycles. The average molecular weight is 273 g/mol. The Morgan fingerprint density at radius 3 is 2.16 bits per heavy atom. The van der Waals surface area contributed by atoms with Crippen molar-refractivity contribution < 1.29 is 19.1 Å². The lowest BCUT2D eigenvalue weighted by Crippen LogP contribution is -2.45. The molecule has 0 rings (SSSR count). The van der Waals surface area contributed by atoms with Gasteiger partial charge in [0.25, 0.3) is 0 Å². The van der Waals surface area contributed by atoms with E-state index in [4.69, 9.17) is 9.47 Å². The molecule has 0 spiro atoms. The summed E-state index contributed by atoms with van der Waals surface area (Å²) in [6, 6.07) is 0. The van der Waals surface area contributed by atoms with E-state index >= 15 is 0 Å². The second-order valence-corrected chi connectivity index (χ2v) is 5.51. The van der Waals surface area contributed by atoms with Gasteiger partial charge >= 0.3 is 5.97 Å². The summed E-state index contributed by atoms with van der Waals surface area (Å²) < 4.78 is 10.2. The van der Waals surface area contributed by atoms with Crippen molar-refractivity contribution in [2.45, 2.75) is 34.6 Å². The fourth-order valence-corrected chi connectivity index (χ4v) is 1.73. The predicted molar refractivity (Wildman–Crippen MR) is 73.7 cm³/mol. The molecular weight excluding hydrogens is 246 g/mol. The molecule has 1 amide bonds. The van der Waals surface area contributed by atoms with Crippen LogP contribution in [0.1, 0.15) is 34.6 Å². The summed E-state index contributed by atoms with van der Waals surface area (Å²) in [5.41, 5.74) is -0.469. The van der Waals surface area contributed by atoms with E-state index in [0.717, 1.165) is 0 Å². The van der Waals surface area contributed by atoms with Gasteiger partial charge in [-0.1, -0.05) is 20.8 Å². The van der Waals surface area contributed by atoms with Gasteiger partial charge < -0.3 is 14.4 Å². The van der Waals surface area contributed by atoms with Crippen molar-refractivity contribution >= 4 is 11.9 Å². The second kappa shape index (κ2) is 8.15. The summed E-state index contributed by atoms with van der Waals surface area (Å²) >= 11 is 0. The minimum absolute atomic E-state index is 0.217. The summed E-state index contributed by atoms with van der Waals surface area (Å²) in [7, 11) is 1.68. The van der Waals surface area contributed by atoms with Crippen molar-refractivity contribution in [1.29, 1.82) is 0 Å². The largest absolute Gasteiger partial charge is 0.465 e. The third-order valence-corrected chi connectivity index (χ3v) is 2.79. The van der Waals surface area contributed by atoms with E-state index in [1.54, 1.807) is 14.0 Å². The summed E-state index contributed by atoms with van der Waals surface area (Å²) in [5, 5.41) is 0. The zero-order chi connectivity index (χ0) is 15.1. The lowest BCUT2D eigenvalue weighted by atomic mass is 9.80. The zero-order valence-corrected chi connectivity index (χ0v) is 13.0. The van der Waals surface area contributed by atoms with Crippen molar-refractivity contribution in [3.63, 3.8) is 0 Å². The number of carbonyl (C=O) groups is 2. The molecule has 19 heavy (non-hydrogen) atoms. The third kappa shape index (κ3) is 6.05. The molecule has 0 aromatic carbocycles. The quantitative estimate of drug-likeness (QED) is 0.402. The molecule has 1 atom stereocenters. The van der Waals surface area contributed by atoms with E-state index < -0.39 is 17.3 Å². The summed E-state index contributed by atoms with van der Waals surface area (Å²) in [5.74, 6) is -1.45. The molecule has 0 radical (unpaired) electrons. The first-order valence-corrected chi connectivity index (χ1v) is 6.75. The SMILES string of the molecule is CCOCCN(C)C(=O)C(C(=O)OCC)C(C)(C)C. The predicted octanol–water partition coefficient (Wildman–Crippen LogP) is 1.71. The van der Waals surface area contributed by atoms with Gasteiger partial charge in [0.15, 0.2) is 0 Å². The van der Waals surface area contributed by atoms with Gasteiger partial charge in [0.2, 0.25) is 5.91 Å². The van der Waals surface area contributed by atoms with Gasteiger partial charge in [-0.3, -0.25) is 9.59 Å². The Balaban J connectivity index is 4.77. The molecule has 0 aliphatic carbocycles. The first-order valence-electron chi connectivity index (χ1n) is 6.75. The lowest BCUT2D eigenvalue weighted by molar-refractivity contribution is -0.160. The van der Waals surface area contributed by atoms with Crippen molar-refractivity contribution in [2.75, 3.05) is 33.4 Å². The van der Waals surface area contributed by atoms with Gasteiger partial charge in [0.05, 0.1) is 13.2 Å². The maximum atomic E-state index is 12.4. The Bertz CT molecular complexity index is 296. The van der Waals surface area contributed by atoms with E-state index in [9.17, 15) is 9.59 Å². The van der Waals surface area contributed by atoms with Crippen LogP contribution in [0.5, 0.6) is 0 Å². The van der Waals surface area contributed by atoms with Crippen molar-refractivity contribution in [3.05, 3.63) is 0 Å². The van der Waals surface area contributed by atoms with Crippen molar-refractivity contribution in [2.24, 2.45) is 11.3 Å². The second-order valence-electron chi connectivity index (χ2n) is 5.51. The number of rotatable bonds is 7. The summed E-state index contributed by atoms with van der Waals surface area (Å²) in [4.78, 5) is 25.9. The molecule has 0 aliphatic rings. The van der Waals surface area contributed by atoms with Crippen molar-refractivity contribution in [1.82, 2.24) is 4.90 Å². The van der Waals surface area contributed by atoms with Crippen LogP contribution >= 0.6 is 0 Å². The van der Waals surface area contributed by atoms with Crippen LogP contribution in [-0.2, 0) is 19.1 Å². The van der Waals surface area contributed by atoms with Gasteiger partial charge in [-0.25, -0.2) is 0 Å². The van der Waals surface area contributed by atoms with Gasteiger partial charge in [-0.15, -0.1) is 0 Å². The number of nitrogens with zero attached hydrogens (tertiary/aromatic N) is 1. The molecule has 0 N–H and O–H groups in total. The number of carbonyl (C=O) groups excluding carboxylic acids is 2. The lowest BCUT2D eigenvalue weighted by Gasteiger charge is -2.31. The molecule has 0 fully saturated rings. The third-order valence-electron chi connectivity index (χ3n) is 2.79. The highest BCUT2D eigenvalue weighted by Crippen LogP contribution is 2.28. The number of ether oxygens (including phenoxy) is 2. The Morgan fingerprint density at radius 2 is 1.74 bits per heavy atom. The summed E-state index contributed by atoms with van der Waals surface area (Å²) in [6.07, 6.45) is 0. The molecule has 0 saturated heterocycles. The fraction of sp³-hybridized carbons (Fsp3) is 0.857. The Morgan fingerprint density at radius 1 is 1.16 bits per heavy atom. The van der Waals surface area contributed by atoms with Crippen LogP contribution in [0.15, 0.2) is 0 Å². The number of esters is 1. The average Bonchev–Trinajstić information content (AvgIpc) is 2.27. The molecule has 0 aromatic rings. The van der Waals surface area contributed by atoms with Crippen LogP contribution in [-0.4, -0.2) is 50.2 Å². The number of hydrogen-bond donors (Lipinski definition) is 0. The van der Waals surface area contributed by atoms with Crippen LogP contribution in [0.3, 0.4) is 0 Å². The minimum atomic E-state index is -0.779. The monoisotopic (exact) mass is 273 g/mol. The Hall–Kier alpha value is -1.10. The van der Waals surface area contributed by atoms with Crippen LogP contribution in [0, 0.1) is 11.3 Å². The van der Waals surface area contributed by atoms with Crippen LogP contribution in [0.4, 0.5) is 0 Å². The highest BCUT2D eigenvalue weighted by atomic mass is 16.5. The zero-order valence-electron chi connectivity index (χ0n) is 13.0.